The molecule has 0 amide bonds. The van der Waals surface area contributed by atoms with E-state index in [2.05, 4.69) is 0 Å². The van der Waals surface area contributed by atoms with E-state index in [1.54, 1.807) is 44.6 Å². The van der Waals surface area contributed by atoms with E-state index in [9.17, 15) is 9.18 Å². The Morgan fingerprint density at radius 2 is 1.52 bits per heavy atom. The van der Waals surface area contributed by atoms with Gasteiger partial charge >= 0.3 is 0 Å². The number of ketones is 1. The van der Waals surface area contributed by atoms with Gasteiger partial charge in [0.15, 0.2) is 5.78 Å². The molecule has 0 atom stereocenters. The van der Waals surface area contributed by atoms with Gasteiger partial charge in [0.25, 0.3) is 0 Å². The molecule has 0 unspecified atom stereocenters. The van der Waals surface area contributed by atoms with Crippen molar-refractivity contribution in [2.24, 2.45) is 0 Å². The van der Waals surface area contributed by atoms with Crippen LogP contribution >= 0.6 is 0 Å². The van der Waals surface area contributed by atoms with Crippen LogP contribution < -0.4 is 9.47 Å². The van der Waals surface area contributed by atoms with Crippen LogP contribution in [0.1, 0.15) is 24.0 Å². The molecule has 0 radical (unpaired) electrons. The van der Waals surface area contributed by atoms with Crippen LogP contribution in [0.5, 0.6) is 11.5 Å². The zero-order valence-corrected chi connectivity index (χ0v) is 14.2. The first kappa shape index (κ1) is 17.0. The van der Waals surface area contributed by atoms with E-state index in [-0.39, 0.29) is 11.6 Å². The molecule has 1 saturated carbocycles. The summed E-state index contributed by atoms with van der Waals surface area (Å²) in [5, 5.41) is 0. The summed E-state index contributed by atoms with van der Waals surface area (Å²) in [5.74, 6) is 0.973. The molecule has 1 aliphatic carbocycles. The van der Waals surface area contributed by atoms with Crippen molar-refractivity contribution in [1.82, 2.24) is 0 Å². The minimum atomic E-state index is -0.322. The van der Waals surface area contributed by atoms with Crippen LogP contribution in [0.4, 0.5) is 4.39 Å². The van der Waals surface area contributed by atoms with Crippen molar-refractivity contribution in [3.05, 3.63) is 70.6 Å². The highest BCUT2D eigenvalue weighted by Gasteiger charge is 2.23. The highest BCUT2D eigenvalue weighted by atomic mass is 19.1. The van der Waals surface area contributed by atoms with E-state index >= 15 is 0 Å². The Balaban J connectivity index is 1.89. The third-order valence-corrected chi connectivity index (χ3v) is 4.20. The number of halogens is 1. The third-order valence-electron chi connectivity index (χ3n) is 4.20. The standard InChI is InChI=1S/C21H19FO3/c1-24-18-10-14(11-19(13-18)25-2)9-16-7-8-17(21(16)23)12-15-5-3-4-6-20(15)22/h3-6,9-13H,7-8H2,1-2H3/b16-9?,17-12+. The maximum absolute atomic E-state index is 13.8. The summed E-state index contributed by atoms with van der Waals surface area (Å²) in [6.07, 6.45) is 4.74. The number of ether oxygens (including phenoxy) is 2. The molecule has 0 saturated heterocycles. The molecule has 0 N–H and O–H groups in total. The Morgan fingerprint density at radius 1 is 0.920 bits per heavy atom. The van der Waals surface area contributed by atoms with Crippen molar-refractivity contribution in [1.29, 1.82) is 0 Å². The van der Waals surface area contributed by atoms with Crippen molar-refractivity contribution in [2.45, 2.75) is 12.8 Å². The highest BCUT2D eigenvalue weighted by Crippen LogP contribution is 2.31. The number of carbonyl (C=O) groups is 1. The van der Waals surface area contributed by atoms with Crippen LogP contribution in [-0.4, -0.2) is 20.0 Å². The van der Waals surface area contributed by atoms with Gasteiger partial charge in [-0.15, -0.1) is 0 Å². The number of hydrogen-bond donors (Lipinski definition) is 0. The van der Waals surface area contributed by atoms with Crippen molar-refractivity contribution in [3.8, 4) is 11.5 Å². The Morgan fingerprint density at radius 3 is 2.12 bits per heavy atom. The maximum Gasteiger partial charge on any atom is 0.185 e. The zero-order chi connectivity index (χ0) is 17.8. The summed E-state index contributed by atoms with van der Waals surface area (Å²) in [7, 11) is 3.17. The Labute approximate surface area is 146 Å². The lowest BCUT2D eigenvalue weighted by molar-refractivity contribution is -0.111. The predicted molar refractivity (Wildman–Crippen MR) is 96.1 cm³/mol. The number of Topliss-reactive ketones (excluding diaryl/α,β-unsaturated/α-hetero) is 1. The van der Waals surface area contributed by atoms with Crippen LogP contribution in [-0.2, 0) is 4.79 Å². The van der Waals surface area contributed by atoms with Gasteiger partial charge in [-0.25, -0.2) is 4.39 Å². The Bertz CT molecular complexity index is 843. The summed E-state index contributed by atoms with van der Waals surface area (Å²) in [4.78, 5) is 12.6. The lowest BCUT2D eigenvalue weighted by atomic mass is 10.1. The Hall–Kier alpha value is -2.88. The van der Waals surface area contributed by atoms with Crippen LogP contribution in [0.25, 0.3) is 12.2 Å². The van der Waals surface area contributed by atoms with Crippen LogP contribution in [0.15, 0.2) is 53.6 Å². The minimum absolute atomic E-state index is 0.0370. The fourth-order valence-corrected chi connectivity index (χ4v) is 2.87. The smallest absolute Gasteiger partial charge is 0.185 e. The molecule has 0 spiro atoms. The average Bonchev–Trinajstić information content (AvgIpc) is 2.96. The summed E-state index contributed by atoms with van der Waals surface area (Å²) >= 11 is 0. The fourth-order valence-electron chi connectivity index (χ4n) is 2.87. The van der Waals surface area contributed by atoms with Crippen molar-refractivity contribution >= 4 is 17.9 Å². The van der Waals surface area contributed by atoms with E-state index in [1.165, 1.54) is 6.07 Å². The van der Waals surface area contributed by atoms with Gasteiger partial charge < -0.3 is 9.47 Å². The van der Waals surface area contributed by atoms with Crippen LogP contribution in [0.3, 0.4) is 0 Å². The molecule has 2 aromatic carbocycles. The molecular formula is C21H19FO3. The van der Waals surface area contributed by atoms with E-state index in [0.29, 0.717) is 41.1 Å². The summed E-state index contributed by atoms with van der Waals surface area (Å²) in [5.41, 5.74) is 2.62. The number of benzene rings is 2. The molecule has 2 aromatic rings. The highest BCUT2D eigenvalue weighted by molar-refractivity contribution is 6.15. The summed E-state index contributed by atoms with van der Waals surface area (Å²) < 4.78 is 24.3. The first-order valence-corrected chi connectivity index (χ1v) is 8.04. The van der Waals surface area contributed by atoms with Gasteiger partial charge in [0.1, 0.15) is 17.3 Å². The van der Waals surface area contributed by atoms with Gasteiger partial charge in [0.2, 0.25) is 0 Å². The molecule has 4 heteroatoms. The number of allylic oxidation sites excluding steroid dienone is 2. The molecule has 3 nitrogen and oxygen atoms in total. The second kappa shape index (κ2) is 7.34. The zero-order valence-electron chi connectivity index (χ0n) is 14.2. The summed E-state index contributed by atoms with van der Waals surface area (Å²) in [6.45, 7) is 0. The van der Waals surface area contributed by atoms with Gasteiger partial charge in [-0.1, -0.05) is 18.2 Å². The van der Waals surface area contributed by atoms with Crippen LogP contribution in [0, 0.1) is 5.82 Å². The normalized spacial score (nSPS) is 17.3. The molecule has 0 aromatic heterocycles. The summed E-state index contributed by atoms with van der Waals surface area (Å²) in [6, 6.07) is 11.9. The molecule has 1 aliphatic rings. The van der Waals surface area contributed by atoms with Crippen molar-refractivity contribution in [2.75, 3.05) is 14.2 Å². The van der Waals surface area contributed by atoms with Gasteiger partial charge in [-0.2, -0.15) is 0 Å². The van der Waals surface area contributed by atoms with Gasteiger partial charge in [0, 0.05) is 22.8 Å². The van der Waals surface area contributed by atoms with E-state index < -0.39 is 0 Å². The monoisotopic (exact) mass is 338 g/mol. The van der Waals surface area contributed by atoms with Crippen molar-refractivity contribution in [3.63, 3.8) is 0 Å². The first-order chi connectivity index (χ1) is 12.1. The number of hydrogen-bond acceptors (Lipinski definition) is 3. The lowest BCUT2D eigenvalue weighted by Crippen LogP contribution is -1.96. The molecule has 25 heavy (non-hydrogen) atoms. The number of rotatable bonds is 4. The van der Waals surface area contributed by atoms with E-state index in [4.69, 9.17) is 9.47 Å². The maximum atomic E-state index is 13.8. The van der Waals surface area contributed by atoms with Gasteiger partial charge in [0.05, 0.1) is 14.2 Å². The minimum Gasteiger partial charge on any atom is -0.497 e. The van der Waals surface area contributed by atoms with E-state index in [1.807, 2.05) is 18.2 Å². The van der Waals surface area contributed by atoms with Crippen molar-refractivity contribution < 1.29 is 18.7 Å². The quantitative estimate of drug-likeness (QED) is 0.760. The molecule has 0 bridgehead atoms. The van der Waals surface area contributed by atoms with Crippen LogP contribution in [0.2, 0.25) is 0 Å². The topological polar surface area (TPSA) is 35.5 Å². The second-order valence-corrected chi connectivity index (χ2v) is 5.84. The lowest BCUT2D eigenvalue weighted by Gasteiger charge is -2.06. The SMILES string of the molecule is COc1cc(C=C2CC/C(=C\c3ccccc3F)C2=O)cc(OC)c1. The largest absolute Gasteiger partial charge is 0.497 e. The molecule has 128 valence electrons. The molecule has 0 heterocycles. The average molecular weight is 338 g/mol. The Kier molecular flexibility index (Phi) is 4.98. The molecule has 1 fully saturated rings. The van der Waals surface area contributed by atoms with E-state index in [0.717, 1.165) is 5.56 Å². The molecule has 0 aliphatic heterocycles. The number of carbonyl (C=O) groups excluding carboxylic acids is 1. The molecule has 3 rings (SSSR count). The number of methoxy groups -OCH3 is 2. The van der Waals surface area contributed by atoms with Gasteiger partial charge in [-0.05, 0) is 48.8 Å². The second-order valence-electron chi connectivity index (χ2n) is 5.84. The fraction of sp³-hybridized carbons (Fsp3) is 0.190. The molecular weight excluding hydrogens is 319 g/mol. The third kappa shape index (κ3) is 3.79. The predicted octanol–water partition coefficient (Wildman–Crippen LogP) is 4.67. The first-order valence-electron chi connectivity index (χ1n) is 8.04. The van der Waals surface area contributed by atoms with Gasteiger partial charge in [-0.3, -0.25) is 4.79 Å².